The molecule has 1 saturated heterocycles. The second-order valence-corrected chi connectivity index (χ2v) is 8.30. The van der Waals surface area contributed by atoms with Gasteiger partial charge in [0, 0.05) is 23.9 Å². The zero-order valence-corrected chi connectivity index (χ0v) is 18.0. The fourth-order valence-corrected chi connectivity index (χ4v) is 4.88. The van der Waals surface area contributed by atoms with Gasteiger partial charge in [0.2, 0.25) is 0 Å². The number of hydrogen-bond donors (Lipinski definition) is 0. The summed E-state index contributed by atoms with van der Waals surface area (Å²) in [5.74, 6) is 1.38. The molecule has 4 rings (SSSR count). The van der Waals surface area contributed by atoms with Gasteiger partial charge in [-0.25, -0.2) is 4.99 Å². The van der Waals surface area contributed by atoms with E-state index in [1.54, 1.807) is 26.6 Å². The molecule has 2 aliphatic rings. The van der Waals surface area contributed by atoms with Crippen LogP contribution in [0.25, 0.3) is 6.08 Å². The van der Waals surface area contributed by atoms with Gasteiger partial charge in [0.05, 0.1) is 31.0 Å². The number of methoxy groups -OCH3 is 2. The van der Waals surface area contributed by atoms with Gasteiger partial charge in [-0.05, 0) is 54.9 Å². The summed E-state index contributed by atoms with van der Waals surface area (Å²) in [5.41, 5.74) is 1.58. The highest BCUT2D eigenvalue weighted by Gasteiger charge is 2.38. The third-order valence-corrected chi connectivity index (χ3v) is 6.36. The quantitative estimate of drug-likeness (QED) is 0.631. The fourth-order valence-electron chi connectivity index (χ4n) is 3.84. The number of aromatic nitrogens is 1. The van der Waals surface area contributed by atoms with Crippen LogP contribution in [0.4, 0.5) is 5.69 Å². The third kappa shape index (κ3) is 4.36. The zero-order valence-electron chi connectivity index (χ0n) is 17.2. The first-order chi connectivity index (χ1) is 14.7. The smallest absolute Gasteiger partial charge is 0.267 e. The summed E-state index contributed by atoms with van der Waals surface area (Å²) in [6.07, 6.45) is 10.9. The molecule has 1 amide bonds. The molecule has 2 aromatic rings. The molecule has 0 spiro atoms. The fraction of sp³-hybridized carbons (Fsp3) is 0.348. The Hall–Kier alpha value is -2.80. The number of nitrogens with zero attached hydrogens (tertiary/aromatic N) is 3. The van der Waals surface area contributed by atoms with Crippen LogP contribution in [-0.2, 0) is 4.79 Å². The molecule has 0 atom stereocenters. The highest BCUT2D eigenvalue weighted by Crippen LogP contribution is 2.39. The Labute approximate surface area is 181 Å². The van der Waals surface area contributed by atoms with Crippen molar-refractivity contribution in [3.05, 3.63) is 53.2 Å². The Morgan fingerprint density at radius 3 is 2.70 bits per heavy atom. The normalized spacial score (nSPS) is 20.2. The number of pyridine rings is 1. The van der Waals surface area contributed by atoms with E-state index >= 15 is 0 Å². The Morgan fingerprint density at radius 2 is 2.00 bits per heavy atom. The summed E-state index contributed by atoms with van der Waals surface area (Å²) >= 11 is 1.41. The van der Waals surface area contributed by atoms with Crippen molar-refractivity contribution in [3.63, 3.8) is 0 Å². The number of carbonyl (C=O) groups is 1. The number of hydrogen-bond acceptors (Lipinski definition) is 6. The first-order valence-electron chi connectivity index (χ1n) is 10.1. The van der Waals surface area contributed by atoms with E-state index in [0.717, 1.165) is 42.1 Å². The van der Waals surface area contributed by atoms with Gasteiger partial charge in [0.1, 0.15) is 11.5 Å². The molecule has 30 heavy (non-hydrogen) atoms. The molecule has 1 aliphatic heterocycles. The average Bonchev–Trinajstić information content (AvgIpc) is 3.09. The second-order valence-electron chi connectivity index (χ2n) is 7.29. The highest BCUT2D eigenvalue weighted by atomic mass is 32.2. The predicted octanol–water partition coefficient (Wildman–Crippen LogP) is 5.04. The van der Waals surface area contributed by atoms with Gasteiger partial charge in [-0.1, -0.05) is 19.3 Å². The molecule has 6 nitrogen and oxygen atoms in total. The lowest BCUT2D eigenvalue weighted by molar-refractivity contribution is -0.124. The Kier molecular flexibility index (Phi) is 6.38. The molecule has 0 unspecified atom stereocenters. The summed E-state index contributed by atoms with van der Waals surface area (Å²) < 4.78 is 10.8. The number of rotatable bonds is 5. The minimum Gasteiger partial charge on any atom is -0.497 e. The van der Waals surface area contributed by atoms with E-state index in [0.29, 0.717) is 16.4 Å². The van der Waals surface area contributed by atoms with E-state index in [-0.39, 0.29) is 11.9 Å². The van der Waals surface area contributed by atoms with Crippen LogP contribution < -0.4 is 9.47 Å². The van der Waals surface area contributed by atoms with Crippen LogP contribution in [0.15, 0.2) is 52.6 Å². The number of thioether (sulfide) groups is 1. The maximum Gasteiger partial charge on any atom is 0.267 e. The molecule has 1 aliphatic carbocycles. The Balaban J connectivity index is 1.71. The van der Waals surface area contributed by atoms with Gasteiger partial charge in [0.25, 0.3) is 5.91 Å². The average molecular weight is 424 g/mol. The summed E-state index contributed by atoms with van der Waals surface area (Å²) in [7, 11) is 3.23. The van der Waals surface area contributed by atoms with Crippen molar-refractivity contribution in [3.8, 4) is 11.5 Å². The van der Waals surface area contributed by atoms with Gasteiger partial charge in [-0.2, -0.15) is 0 Å². The standard InChI is InChI=1S/C23H25N3O3S/c1-28-19-11-10-16(20(14-19)29-2)13-21-22(27)26(18-8-4-3-5-9-18)23(30-21)25-17-7-6-12-24-15-17/h6-7,10-15,18H,3-5,8-9H2,1-2H3/b21-13-,25-23?. The van der Waals surface area contributed by atoms with Crippen molar-refractivity contribution in [2.45, 2.75) is 38.1 Å². The minimum atomic E-state index is 0.00686. The van der Waals surface area contributed by atoms with Crippen molar-refractivity contribution in [1.82, 2.24) is 9.88 Å². The van der Waals surface area contributed by atoms with E-state index in [4.69, 9.17) is 14.5 Å². The van der Waals surface area contributed by atoms with Crippen LogP contribution in [0.3, 0.4) is 0 Å². The van der Waals surface area contributed by atoms with Crippen molar-refractivity contribution in [2.75, 3.05) is 14.2 Å². The predicted molar refractivity (Wildman–Crippen MR) is 120 cm³/mol. The zero-order chi connectivity index (χ0) is 20.9. The highest BCUT2D eigenvalue weighted by molar-refractivity contribution is 8.18. The van der Waals surface area contributed by atoms with Gasteiger partial charge in [0.15, 0.2) is 5.17 Å². The number of aliphatic imine (C=N–C) groups is 1. The van der Waals surface area contributed by atoms with Gasteiger partial charge in [-0.3, -0.25) is 14.7 Å². The lowest BCUT2D eigenvalue weighted by Crippen LogP contribution is -2.40. The molecule has 2 fully saturated rings. The van der Waals surface area contributed by atoms with Gasteiger partial charge in [-0.15, -0.1) is 0 Å². The first-order valence-corrected chi connectivity index (χ1v) is 10.9. The van der Waals surface area contributed by atoms with Crippen molar-refractivity contribution in [1.29, 1.82) is 0 Å². The number of amides is 1. The van der Waals surface area contributed by atoms with E-state index in [2.05, 4.69) is 4.98 Å². The maximum atomic E-state index is 13.4. The summed E-state index contributed by atoms with van der Waals surface area (Å²) in [5, 5.41) is 0.721. The van der Waals surface area contributed by atoms with Crippen molar-refractivity contribution >= 4 is 34.6 Å². The van der Waals surface area contributed by atoms with Crippen LogP contribution >= 0.6 is 11.8 Å². The second kappa shape index (κ2) is 9.34. The molecule has 2 heterocycles. The van der Waals surface area contributed by atoms with Crippen LogP contribution in [0, 0.1) is 0 Å². The molecule has 1 aromatic carbocycles. The van der Waals surface area contributed by atoms with Crippen LogP contribution in [0.1, 0.15) is 37.7 Å². The molecular weight excluding hydrogens is 398 g/mol. The monoisotopic (exact) mass is 423 g/mol. The molecule has 1 aromatic heterocycles. The van der Waals surface area contributed by atoms with E-state index in [1.165, 1.54) is 18.2 Å². The van der Waals surface area contributed by atoms with Crippen LogP contribution in [0.5, 0.6) is 11.5 Å². The molecular formula is C23H25N3O3S. The largest absolute Gasteiger partial charge is 0.497 e. The molecule has 156 valence electrons. The lowest BCUT2D eigenvalue weighted by atomic mass is 9.94. The third-order valence-electron chi connectivity index (χ3n) is 5.37. The van der Waals surface area contributed by atoms with Gasteiger partial charge < -0.3 is 9.47 Å². The lowest BCUT2D eigenvalue weighted by Gasteiger charge is -2.30. The maximum absolute atomic E-state index is 13.4. The number of ether oxygens (including phenoxy) is 2. The van der Waals surface area contributed by atoms with Gasteiger partial charge >= 0.3 is 0 Å². The molecule has 0 N–H and O–H groups in total. The Bertz CT molecular complexity index is 969. The van der Waals surface area contributed by atoms with Crippen LogP contribution in [-0.4, -0.2) is 41.2 Å². The SMILES string of the molecule is COc1ccc(/C=C2\SC(=Nc3cccnc3)N(C3CCCCC3)C2=O)c(OC)c1. The van der Waals surface area contributed by atoms with E-state index < -0.39 is 0 Å². The summed E-state index contributed by atoms with van der Waals surface area (Å²) in [6, 6.07) is 9.53. The molecule has 1 saturated carbocycles. The van der Waals surface area contributed by atoms with Crippen molar-refractivity contribution in [2.24, 2.45) is 4.99 Å². The number of benzene rings is 1. The molecule has 0 bridgehead atoms. The topological polar surface area (TPSA) is 64.0 Å². The number of carbonyl (C=O) groups excluding carboxylic acids is 1. The first kappa shape index (κ1) is 20.5. The van der Waals surface area contributed by atoms with Crippen molar-refractivity contribution < 1.29 is 14.3 Å². The summed E-state index contributed by atoms with van der Waals surface area (Å²) in [4.78, 5) is 24.8. The number of amidine groups is 1. The minimum absolute atomic E-state index is 0.00686. The summed E-state index contributed by atoms with van der Waals surface area (Å²) in [6.45, 7) is 0. The van der Waals surface area contributed by atoms with E-state index in [1.807, 2.05) is 41.3 Å². The van der Waals surface area contributed by atoms with Crippen LogP contribution in [0.2, 0.25) is 0 Å². The van der Waals surface area contributed by atoms with E-state index in [9.17, 15) is 4.79 Å². The Morgan fingerprint density at radius 1 is 1.17 bits per heavy atom. The molecule has 0 radical (unpaired) electrons. The molecule has 7 heteroatoms.